The van der Waals surface area contributed by atoms with Crippen LogP contribution in [-0.4, -0.2) is 26.5 Å². The molecule has 0 amide bonds. The first-order valence-corrected chi connectivity index (χ1v) is 4.61. The highest BCUT2D eigenvalue weighted by Gasteiger charge is 1.93. The van der Waals surface area contributed by atoms with E-state index in [4.69, 9.17) is 21.2 Å². The minimum absolute atomic E-state index is 0.442. The number of methoxy groups -OCH3 is 1. The van der Waals surface area contributed by atoms with Gasteiger partial charge in [-0.2, -0.15) is 0 Å². The van der Waals surface area contributed by atoms with E-state index in [0.717, 1.165) is 5.56 Å². The minimum atomic E-state index is 0.442. The van der Waals surface area contributed by atoms with Crippen LogP contribution in [0.1, 0.15) is 5.56 Å². The molecule has 1 aromatic rings. The van der Waals surface area contributed by atoms with Gasteiger partial charge in [-0.25, -0.2) is 0 Å². The summed E-state index contributed by atoms with van der Waals surface area (Å²) in [6.07, 6.45) is 1.58. The van der Waals surface area contributed by atoms with E-state index in [1.54, 1.807) is 19.4 Å². The Balaban J connectivity index is 2.40. The molecule has 0 fully saturated rings. The largest absolute Gasteiger partial charge is 0.393 e. The fraction of sp³-hybridized carbons (Fsp3) is 0.300. The van der Waals surface area contributed by atoms with Crippen LogP contribution in [0.3, 0.4) is 0 Å². The molecule has 0 unspecified atom stereocenters. The molecule has 76 valence electrons. The standard InChI is InChI=1S/C10H12ClNO2/c1-13-6-7-14-12-8-9-4-2-3-5-10(9)11/h2-5,8H,6-7H2,1H3. The van der Waals surface area contributed by atoms with E-state index in [1.165, 1.54) is 0 Å². The molecule has 1 aromatic carbocycles. The Morgan fingerprint density at radius 3 is 2.86 bits per heavy atom. The molecule has 0 aliphatic carbocycles. The van der Waals surface area contributed by atoms with Gasteiger partial charge in [-0.1, -0.05) is 35.0 Å². The molecule has 0 saturated carbocycles. The number of rotatable bonds is 5. The highest BCUT2D eigenvalue weighted by molar-refractivity contribution is 6.33. The molecule has 0 spiro atoms. The van der Waals surface area contributed by atoms with Gasteiger partial charge >= 0.3 is 0 Å². The highest BCUT2D eigenvalue weighted by Crippen LogP contribution is 2.12. The van der Waals surface area contributed by atoms with Crippen molar-refractivity contribution < 1.29 is 9.57 Å². The van der Waals surface area contributed by atoms with Crippen LogP contribution >= 0.6 is 11.6 Å². The molecule has 0 heterocycles. The van der Waals surface area contributed by atoms with Crippen LogP contribution in [0.15, 0.2) is 29.4 Å². The smallest absolute Gasteiger partial charge is 0.140 e. The van der Waals surface area contributed by atoms with E-state index in [-0.39, 0.29) is 0 Å². The Morgan fingerprint density at radius 1 is 1.36 bits per heavy atom. The number of ether oxygens (including phenoxy) is 1. The van der Waals surface area contributed by atoms with Gasteiger partial charge in [0.2, 0.25) is 0 Å². The second kappa shape index (κ2) is 6.40. The van der Waals surface area contributed by atoms with Crippen LogP contribution in [-0.2, 0) is 9.57 Å². The predicted molar refractivity (Wildman–Crippen MR) is 56.9 cm³/mol. The second-order valence-corrected chi connectivity index (χ2v) is 2.99. The first-order valence-electron chi connectivity index (χ1n) is 4.23. The van der Waals surface area contributed by atoms with Gasteiger partial charge < -0.3 is 9.57 Å². The molecular weight excluding hydrogens is 202 g/mol. The average molecular weight is 214 g/mol. The Labute approximate surface area is 88.3 Å². The van der Waals surface area contributed by atoms with Gasteiger partial charge in [-0.3, -0.25) is 0 Å². The summed E-state index contributed by atoms with van der Waals surface area (Å²) in [5.74, 6) is 0. The summed E-state index contributed by atoms with van der Waals surface area (Å²) in [7, 11) is 1.61. The van der Waals surface area contributed by atoms with E-state index in [1.807, 2.05) is 18.2 Å². The zero-order chi connectivity index (χ0) is 10.2. The van der Waals surface area contributed by atoms with Crippen molar-refractivity contribution in [3.63, 3.8) is 0 Å². The van der Waals surface area contributed by atoms with E-state index < -0.39 is 0 Å². The molecule has 0 bridgehead atoms. The topological polar surface area (TPSA) is 30.8 Å². The third-order valence-corrected chi connectivity index (χ3v) is 1.89. The maximum absolute atomic E-state index is 5.89. The van der Waals surface area contributed by atoms with Gasteiger partial charge in [-0.15, -0.1) is 0 Å². The molecular formula is C10H12ClNO2. The molecule has 0 atom stereocenters. The monoisotopic (exact) mass is 213 g/mol. The lowest BCUT2D eigenvalue weighted by Gasteiger charge is -1.98. The van der Waals surface area contributed by atoms with Gasteiger partial charge in [0, 0.05) is 17.7 Å². The third-order valence-electron chi connectivity index (χ3n) is 1.55. The van der Waals surface area contributed by atoms with Crippen molar-refractivity contribution in [2.45, 2.75) is 0 Å². The van der Waals surface area contributed by atoms with Crippen LogP contribution < -0.4 is 0 Å². The Morgan fingerprint density at radius 2 is 2.14 bits per heavy atom. The fourth-order valence-electron chi connectivity index (χ4n) is 0.847. The van der Waals surface area contributed by atoms with Crippen molar-refractivity contribution in [1.82, 2.24) is 0 Å². The molecule has 4 heteroatoms. The quantitative estimate of drug-likeness (QED) is 0.427. The lowest BCUT2D eigenvalue weighted by atomic mass is 10.2. The number of benzene rings is 1. The molecule has 0 aromatic heterocycles. The number of oxime groups is 1. The van der Waals surface area contributed by atoms with Gasteiger partial charge in [0.15, 0.2) is 0 Å². The van der Waals surface area contributed by atoms with Gasteiger partial charge in [0.05, 0.1) is 12.8 Å². The van der Waals surface area contributed by atoms with Crippen LogP contribution in [0.4, 0.5) is 0 Å². The van der Waals surface area contributed by atoms with E-state index in [2.05, 4.69) is 5.16 Å². The highest BCUT2D eigenvalue weighted by atomic mass is 35.5. The van der Waals surface area contributed by atoms with Crippen molar-refractivity contribution in [2.24, 2.45) is 5.16 Å². The lowest BCUT2D eigenvalue weighted by molar-refractivity contribution is 0.0760. The molecule has 14 heavy (non-hydrogen) atoms. The Hall–Kier alpha value is -1.06. The van der Waals surface area contributed by atoms with Crippen LogP contribution in [0.5, 0.6) is 0 Å². The van der Waals surface area contributed by atoms with Crippen molar-refractivity contribution in [2.75, 3.05) is 20.3 Å². The molecule has 0 saturated heterocycles. The molecule has 1 rings (SSSR count). The van der Waals surface area contributed by atoms with Crippen molar-refractivity contribution in [3.05, 3.63) is 34.9 Å². The van der Waals surface area contributed by atoms with E-state index in [9.17, 15) is 0 Å². The Bertz CT molecular complexity index is 302. The Kier molecular flexibility index (Phi) is 5.04. The summed E-state index contributed by atoms with van der Waals surface area (Å²) in [6.45, 7) is 0.970. The normalized spacial score (nSPS) is 10.7. The van der Waals surface area contributed by atoms with E-state index >= 15 is 0 Å². The third kappa shape index (κ3) is 3.77. The lowest BCUT2D eigenvalue weighted by Crippen LogP contribution is -1.97. The maximum atomic E-state index is 5.89. The zero-order valence-corrected chi connectivity index (χ0v) is 8.70. The van der Waals surface area contributed by atoms with Crippen LogP contribution in [0.2, 0.25) is 5.02 Å². The van der Waals surface area contributed by atoms with Crippen LogP contribution in [0.25, 0.3) is 0 Å². The summed E-state index contributed by atoms with van der Waals surface area (Å²) in [4.78, 5) is 4.92. The van der Waals surface area contributed by atoms with E-state index in [0.29, 0.717) is 18.2 Å². The summed E-state index contributed by atoms with van der Waals surface area (Å²) in [5.41, 5.74) is 0.839. The van der Waals surface area contributed by atoms with Gasteiger partial charge in [0.1, 0.15) is 6.61 Å². The molecule has 0 aliphatic rings. The summed E-state index contributed by atoms with van der Waals surface area (Å²) >= 11 is 5.89. The van der Waals surface area contributed by atoms with Crippen molar-refractivity contribution in [1.29, 1.82) is 0 Å². The predicted octanol–water partition coefficient (Wildman–Crippen LogP) is 2.34. The summed E-state index contributed by atoms with van der Waals surface area (Å²) < 4.78 is 4.79. The molecule has 0 N–H and O–H groups in total. The number of hydrogen-bond donors (Lipinski definition) is 0. The first kappa shape index (κ1) is 11.0. The van der Waals surface area contributed by atoms with Gasteiger partial charge in [0.25, 0.3) is 0 Å². The van der Waals surface area contributed by atoms with Crippen LogP contribution in [0, 0.1) is 0 Å². The second-order valence-electron chi connectivity index (χ2n) is 2.58. The molecule has 3 nitrogen and oxygen atoms in total. The molecule has 0 radical (unpaired) electrons. The van der Waals surface area contributed by atoms with Crippen molar-refractivity contribution in [3.8, 4) is 0 Å². The number of halogens is 1. The average Bonchev–Trinajstić information content (AvgIpc) is 2.20. The van der Waals surface area contributed by atoms with Crippen molar-refractivity contribution >= 4 is 17.8 Å². The first-order chi connectivity index (χ1) is 6.84. The maximum Gasteiger partial charge on any atom is 0.140 e. The number of hydrogen-bond acceptors (Lipinski definition) is 3. The summed E-state index contributed by atoms with van der Waals surface area (Å²) in [6, 6.07) is 7.43. The minimum Gasteiger partial charge on any atom is -0.393 e. The fourth-order valence-corrected chi connectivity index (χ4v) is 1.03. The summed E-state index contributed by atoms with van der Waals surface area (Å²) in [5, 5.41) is 4.41. The number of nitrogens with zero attached hydrogens (tertiary/aromatic N) is 1. The SMILES string of the molecule is COCCON=Cc1ccccc1Cl. The zero-order valence-electron chi connectivity index (χ0n) is 7.94. The molecule has 0 aliphatic heterocycles. The van der Waals surface area contributed by atoms with Gasteiger partial charge in [-0.05, 0) is 6.07 Å².